The van der Waals surface area contributed by atoms with Gasteiger partial charge in [0.1, 0.15) is 4.75 Å². The van der Waals surface area contributed by atoms with Crippen LogP contribution in [0, 0.1) is 23.2 Å². The number of rotatable bonds is 1. The second-order valence-corrected chi connectivity index (χ2v) is 4.89. The van der Waals surface area contributed by atoms with E-state index >= 15 is 0 Å². The number of hydrogen-bond donors (Lipinski definition) is 0. The van der Waals surface area contributed by atoms with Crippen LogP contribution in [0.2, 0.25) is 0 Å². The minimum Gasteiger partial charge on any atom is -0.197 e. The van der Waals surface area contributed by atoms with Crippen LogP contribution in [0.4, 0.5) is 0 Å². The van der Waals surface area contributed by atoms with Gasteiger partial charge in [0, 0.05) is 5.92 Å². The van der Waals surface area contributed by atoms with Crippen LogP contribution in [0.25, 0.3) is 0 Å². The molecule has 2 heteroatoms. The molecule has 0 N–H and O–H groups in total. The van der Waals surface area contributed by atoms with Gasteiger partial charge in [-0.2, -0.15) is 5.26 Å². The van der Waals surface area contributed by atoms with Gasteiger partial charge in [-0.25, -0.2) is 0 Å². The number of hydrogen-bond acceptors (Lipinski definition) is 2. The Labute approximate surface area is 89.2 Å². The van der Waals surface area contributed by atoms with Crippen molar-refractivity contribution in [1.29, 1.82) is 5.26 Å². The first-order chi connectivity index (χ1) is 6.80. The van der Waals surface area contributed by atoms with Gasteiger partial charge in [0.15, 0.2) is 0 Å². The van der Waals surface area contributed by atoms with Crippen molar-refractivity contribution in [2.45, 2.75) is 11.2 Å². The van der Waals surface area contributed by atoms with Crippen LogP contribution in [0.3, 0.4) is 0 Å². The third kappa shape index (κ3) is 1.42. The summed E-state index contributed by atoms with van der Waals surface area (Å²) in [6.07, 6.45) is 15.8. The molecule has 14 heavy (non-hydrogen) atoms. The Hall–Kier alpha value is -0.940. The highest BCUT2D eigenvalue weighted by Crippen LogP contribution is 2.43. The molecule has 0 amide bonds. The highest BCUT2D eigenvalue weighted by molar-refractivity contribution is 8.00. The SMILES string of the molecule is CS[C@]1(C#N)C[C@H]2C=C/C=C\[C@@H]1C=C2. The van der Waals surface area contributed by atoms with Gasteiger partial charge >= 0.3 is 0 Å². The molecule has 0 aromatic rings. The Kier molecular flexibility index (Phi) is 2.52. The molecule has 0 unspecified atom stereocenters. The van der Waals surface area contributed by atoms with E-state index < -0.39 is 0 Å². The van der Waals surface area contributed by atoms with Crippen LogP contribution in [-0.2, 0) is 0 Å². The molecule has 3 atom stereocenters. The average molecular weight is 203 g/mol. The van der Waals surface area contributed by atoms with E-state index in [0.29, 0.717) is 5.92 Å². The van der Waals surface area contributed by atoms with Gasteiger partial charge in [0.05, 0.1) is 6.07 Å². The van der Waals surface area contributed by atoms with Crippen molar-refractivity contribution >= 4 is 11.8 Å². The number of nitriles is 1. The van der Waals surface area contributed by atoms with Crippen LogP contribution in [0.1, 0.15) is 6.42 Å². The first kappa shape index (κ1) is 9.61. The van der Waals surface area contributed by atoms with E-state index in [2.05, 4.69) is 42.5 Å². The normalized spacial score (nSPS) is 41.4. The number of thioether (sulfide) groups is 1. The van der Waals surface area contributed by atoms with Gasteiger partial charge in [-0.1, -0.05) is 36.5 Å². The van der Waals surface area contributed by atoms with Gasteiger partial charge in [-0.05, 0) is 18.6 Å². The molecule has 0 saturated heterocycles. The topological polar surface area (TPSA) is 23.8 Å². The molecular weight excluding hydrogens is 190 g/mol. The van der Waals surface area contributed by atoms with Crippen molar-refractivity contribution in [3.05, 3.63) is 36.5 Å². The van der Waals surface area contributed by atoms with Gasteiger partial charge < -0.3 is 0 Å². The Morgan fingerprint density at radius 1 is 1.29 bits per heavy atom. The quantitative estimate of drug-likeness (QED) is 0.612. The molecule has 0 radical (unpaired) electrons. The Morgan fingerprint density at radius 2 is 2.07 bits per heavy atom. The molecule has 3 aliphatic rings. The minimum absolute atomic E-state index is 0.249. The summed E-state index contributed by atoms with van der Waals surface area (Å²) in [5, 5.41) is 9.32. The lowest BCUT2D eigenvalue weighted by atomic mass is 9.77. The van der Waals surface area contributed by atoms with E-state index in [-0.39, 0.29) is 10.7 Å². The summed E-state index contributed by atoms with van der Waals surface area (Å²) in [5.41, 5.74) is 0. The predicted octanol–water partition coefficient (Wildman–Crippen LogP) is 2.93. The molecule has 3 aliphatic carbocycles. The predicted molar refractivity (Wildman–Crippen MR) is 60.9 cm³/mol. The molecule has 0 saturated carbocycles. The average Bonchev–Trinajstić information content (AvgIpc) is 2.18. The van der Waals surface area contributed by atoms with Gasteiger partial charge in [-0.15, -0.1) is 11.8 Å². The molecule has 0 heterocycles. The second kappa shape index (κ2) is 3.67. The monoisotopic (exact) mass is 203 g/mol. The van der Waals surface area contributed by atoms with Gasteiger partial charge in [0.2, 0.25) is 0 Å². The summed E-state index contributed by atoms with van der Waals surface area (Å²) >= 11 is 1.68. The zero-order valence-electron chi connectivity index (χ0n) is 8.18. The lowest BCUT2D eigenvalue weighted by molar-refractivity contribution is 0.499. The van der Waals surface area contributed by atoms with Gasteiger partial charge in [-0.3, -0.25) is 0 Å². The lowest BCUT2D eigenvalue weighted by Crippen LogP contribution is -2.35. The first-order valence-electron chi connectivity index (χ1n) is 4.80. The standard InChI is InChI=1S/C12H13NS/c1-14-12(9-13)8-10-4-2-3-5-11(12)7-6-10/h2-7,10-11H,8H2,1H3/b4-2?,5-3-/t10-,11+,12-/m0/s1. The molecule has 3 rings (SSSR count). The third-order valence-corrected chi connectivity index (χ3v) is 4.24. The van der Waals surface area contributed by atoms with E-state index in [0.717, 1.165) is 6.42 Å². The van der Waals surface area contributed by atoms with Crippen LogP contribution >= 0.6 is 11.8 Å². The van der Waals surface area contributed by atoms with Crippen molar-refractivity contribution in [1.82, 2.24) is 0 Å². The van der Waals surface area contributed by atoms with E-state index in [4.69, 9.17) is 0 Å². The summed E-state index contributed by atoms with van der Waals surface area (Å²) in [4.78, 5) is 0. The van der Waals surface area contributed by atoms with E-state index in [1.165, 1.54) is 0 Å². The maximum absolute atomic E-state index is 9.32. The van der Waals surface area contributed by atoms with Crippen LogP contribution in [0.5, 0.6) is 0 Å². The summed E-state index contributed by atoms with van der Waals surface area (Å²) in [7, 11) is 0. The van der Waals surface area contributed by atoms with Crippen molar-refractivity contribution < 1.29 is 0 Å². The molecule has 2 bridgehead atoms. The lowest BCUT2D eigenvalue weighted by Gasteiger charge is -2.36. The summed E-state index contributed by atoms with van der Waals surface area (Å²) in [6.45, 7) is 0. The number of nitrogens with zero attached hydrogens (tertiary/aromatic N) is 1. The Morgan fingerprint density at radius 3 is 2.79 bits per heavy atom. The third-order valence-electron chi connectivity index (χ3n) is 2.98. The van der Waals surface area contributed by atoms with Crippen molar-refractivity contribution in [3.8, 4) is 6.07 Å². The van der Waals surface area contributed by atoms with Crippen molar-refractivity contribution in [2.75, 3.05) is 6.26 Å². The highest BCUT2D eigenvalue weighted by Gasteiger charge is 2.40. The number of fused-ring (bicyclic) bond motifs is 2. The first-order valence-corrected chi connectivity index (χ1v) is 6.03. The van der Waals surface area contributed by atoms with Gasteiger partial charge in [0.25, 0.3) is 0 Å². The molecule has 0 aromatic heterocycles. The maximum atomic E-state index is 9.32. The van der Waals surface area contributed by atoms with E-state index in [9.17, 15) is 5.26 Å². The van der Waals surface area contributed by atoms with Crippen molar-refractivity contribution in [2.24, 2.45) is 11.8 Å². The molecule has 0 aromatic carbocycles. The van der Waals surface area contributed by atoms with E-state index in [1.54, 1.807) is 11.8 Å². The maximum Gasteiger partial charge on any atom is 0.113 e. The zero-order chi connectivity index (χ0) is 10.0. The zero-order valence-corrected chi connectivity index (χ0v) is 9.00. The van der Waals surface area contributed by atoms with E-state index in [1.807, 2.05) is 6.26 Å². The molecule has 72 valence electrons. The Bertz CT molecular complexity index is 348. The molecule has 0 fully saturated rings. The summed E-state index contributed by atoms with van der Waals surface area (Å²) in [5.74, 6) is 0.701. The fourth-order valence-corrected chi connectivity index (χ4v) is 2.98. The molecule has 1 nitrogen and oxygen atoms in total. The number of allylic oxidation sites excluding steroid dienone is 6. The Balaban J connectivity index is 2.42. The summed E-state index contributed by atoms with van der Waals surface area (Å²) in [6, 6.07) is 2.49. The molecular formula is C12H13NS. The summed E-state index contributed by atoms with van der Waals surface area (Å²) < 4.78 is -0.249. The minimum atomic E-state index is -0.249. The smallest absolute Gasteiger partial charge is 0.113 e. The van der Waals surface area contributed by atoms with Crippen LogP contribution in [0.15, 0.2) is 36.5 Å². The van der Waals surface area contributed by atoms with Crippen molar-refractivity contribution in [3.63, 3.8) is 0 Å². The van der Waals surface area contributed by atoms with Crippen LogP contribution < -0.4 is 0 Å². The highest BCUT2D eigenvalue weighted by atomic mass is 32.2. The second-order valence-electron chi connectivity index (χ2n) is 3.75. The van der Waals surface area contributed by atoms with Crippen LogP contribution in [-0.4, -0.2) is 11.0 Å². The molecule has 0 spiro atoms. The largest absolute Gasteiger partial charge is 0.197 e. The fourth-order valence-electron chi connectivity index (χ4n) is 2.10. The molecule has 0 aliphatic heterocycles. The fraction of sp³-hybridized carbons (Fsp3) is 0.417.